The molecular weight excluding hydrogens is 372 g/mol. The fourth-order valence-electron chi connectivity index (χ4n) is 2.82. The van der Waals surface area contributed by atoms with Crippen LogP contribution in [0.4, 0.5) is 5.82 Å². The van der Waals surface area contributed by atoms with E-state index in [2.05, 4.69) is 15.8 Å². The number of benzene rings is 1. The molecule has 2 heterocycles. The molecule has 2 N–H and O–H groups in total. The molecule has 0 bridgehead atoms. The Balaban J connectivity index is 1.95. The van der Waals surface area contributed by atoms with E-state index >= 15 is 0 Å². The zero-order chi connectivity index (χ0) is 19.2. The van der Waals surface area contributed by atoms with E-state index in [0.29, 0.717) is 60.4 Å². The molecule has 1 aliphatic rings. The molecule has 1 fully saturated rings. The SMILES string of the molecule is COCCNc1noc(-c2ccc(Cl)cc2)c1C(=O)N1CCCNC(=O)C1. The fraction of sp³-hybridized carbons (Fsp3) is 0.389. The topological polar surface area (TPSA) is 96.7 Å². The number of nitrogens with zero attached hydrogens (tertiary/aromatic N) is 2. The van der Waals surface area contributed by atoms with Crippen LogP contribution in [0, 0.1) is 0 Å². The van der Waals surface area contributed by atoms with Crippen LogP contribution >= 0.6 is 11.6 Å². The lowest BCUT2D eigenvalue weighted by atomic mass is 10.1. The van der Waals surface area contributed by atoms with E-state index < -0.39 is 0 Å². The van der Waals surface area contributed by atoms with Crippen molar-refractivity contribution in [2.24, 2.45) is 0 Å². The zero-order valence-corrected chi connectivity index (χ0v) is 15.7. The van der Waals surface area contributed by atoms with Crippen LogP contribution in [0.2, 0.25) is 5.02 Å². The third kappa shape index (κ3) is 4.58. The minimum atomic E-state index is -0.307. The van der Waals surface area contributed by atoms with Crippen molar-refractivity contribution < 1.29 is 18.8 Å². The Morgan fingerprint density at radius 2 is 2.19 bits per heavy atom. The molecule has 0 spiro atoms. The number of nitrogens with one attached hydrogen (secondary N) is 2. The van der Waals surface area contributed by atoms with Gasteiger partial charge in [0.2, 0.25) is 5.91 Å². The summed E-state index contributed by atoms with van der Waals surface area (Å²) in [6.45, 7) is 1.93. The molecule has 2 amide bonds. The number of amides is 2. The Labute approximate surface area is 161 Å². The number of anilines is 1. The maximum atomic E-state index is 13.2. The molecule has 0 radical (unpaired) electrons. The van der Waals surface area contributed by atoms with E-state index in [0.717, 1.165) is 0 Å². The Bertz CT molecular complexity index is 806. The molecule has 27 heavy (non-hydrogen) atoms. The molecular formula is C18H21ClN4O4. The van der Waals surface area contributed by atoms with Crippen molar-refractivity contribution in [3.05, 3.63) is 34.9 Å². The van der Waals surface area contributed by atoms with E-state index in [1.165, 1.54) is 4.90 Å². The van der Waals surface area contributed by atoms with Crippen molar-refractivity contribution in [3.63, 3.8) is 0 Å². The summed E-state index contributed by atoms with van der Waals surface area (Å²) >= 11 is 5.96. The van der Waals surface area contributed by atoms with Gasteiger partial charge in [-0.15, -0.1) is 0 Å². The van der Waals surface area contributed by atoms with Gasteiger partial charge in [-0.25, -0.2) is 0 Å². The Morgan fingerprint density at radius 3 is 2.93 bits per heavy atom. The van der Waals surface area contributed by atoms with E-state index in [1.54, 1.807) is 31.4 Å². The van der Waals surface area contributed by atoms with Gasteiger partial charge < -0.3 is 24.8 Å². The van der Waals surface area contributed by atoms with Crippen LogP contribution in [0.5, 0.6) is 0 Å². The van der Waals surface area contributed by atoms with Crippen LogP contribution in [-0.4, -0.2) is 61.8 Å². The highest BCUT2D eigenvalue weighted by molar-refractivity contribution is 6.30. The van der Waals surface area contributed by atoms with E-state index in [-0.39, 0.29) is 18.4 Å². The largest absolute Gasteiger partial charge is 0.383 e. The Kier molecular flexibility index (Phi) is 6.31. The molecule has 0 aliphatic carbocycles. The minimum Gasteiger partial charge on any atom is -0.383 e. The molecule has 0 unspecified atom stereocenters. The molecule has 1 aliphatic heterocycles. The molecule has 3 rings (SSSR count). The van der Waals surface area contributed by atoms with E-state index in [4.69, 9.17) is 20.9 Å². The summed E-state index contributed by atoms with van der Waals surface area (Å²) in [6.07, 6.45) is 0.686. The van der Waals surface area contributed by atoms with Gasteiger partial charge >= 0.3 is 0 Å². The van der Waals surface area contributed by atoms with Crippen LogP contribution in [0.1, 0.15) is 16.8 Å². The standard InChI is InChI=1S/C18H21ClN4O4/c1-26-10-8-21-17-15(18(25)23-9-2-7-20-14(24)11-23)16(27-22-17)12-3-5-13(19)6-4-12/h3-6H,2,7-11H2,1H3,(H,20,24)(H,21,22). The predicted molar refractivity (Wildman–Crippen MR) is 101 cm³/mol. The molecule has 9 heteroatoms. The number of ether oxygens (including phenoxy) is 1. The summed E-state index contributed by atoms with van der Waals surface area (Å²) in [5, 5.41) is 10.4. The smallest absolute Gasteiger partial charge is 0.262 e. The lowest BCUT2D eigenvalue weighted by Crippen LogP contribution is -2.37. The minimum absolute atomic E-state index is 0.00157. The molecule has 0 atom stereocenters. The molecule has 144 valence electrons. The highest BCUT2D eigenvalue weighted by Gasteiger charge is 2.30. The van der Waals surface area contributed by atoms with Crippen LogP contribution in [0.3, 0.4) is 0 Å². The van der Waals surface area contributed by atoms with Crippen molar-refractivity contribution >= 4 is 29.2 Å². The van der Waals surface area contributed by atoms with Crippen LogP contribution < -0.4 is 10.6 Å². The van der Waals surface area contributed by atoms with E-state index in [1.807, 2.05) is 0 Å². The summed E-state index contributed by atoms with van der Waals surface area (Å²) in [5.41, 5.74) is 0.970. The van der Waals surface area contributed by atoms with Crippen molar-refractivity contribution in [2.45, 2.75) is 6.42 Å². The molecule has 8 nitrogen and oxygen atoms in total. The fourth-order valence-corrected chi connectivity index (χ4v) is 2.94. The first-order chi connectivity index (χ1) is 13.1. The second-order valence-corrected chi connectivity index (χ2v) is 6.53. The number of hydrogen-bond acceptors (Lipinski definition) is 6. The zero-order valence-electron chi connectivity index (χ0n) is 15.0. The van der Waals surface area contributed by atoms with Crippen molar-refractivity contribution in [1.82, 2.24) is 15.4 Å². The molecule has 1 saturated heterocycles. The first-order valence-electron chi connectivity index (χ1n) is 8.64. The van der Waals surface area contributed by atoms with Crippen LogP contribution in [-0.2, 0) is 9.53 Å². The summed E-state index contributed by atoms with van der Waals surface area (Å²) in [6, 6.07) is 6.94. The number of hydrogen-bond donors (Lipinski definition) is 2. The van der Waals surface area contributed by atoms with Gasteiger partial charge in [-0.2, -0.15) is 0 Å². The predicted octanol–water partition coefficient (Wildman–Crippen LogP) is 2.02. The van der Waals surface area contributed by atoms with Gasteiger partial charge in [-0.05, 0) is 30.7 Å². The van der Waals surface area contributed by atoms with Gasteiger partial charge in [0.25, 0.3) is 5.91 Å². The van der Waals surface area contributed by atoms with Gasteiger partial charge in [-0.1, -0.05) is 16.8 Å². The molecule has 2 aromatic rings. The first-order valence-corrected chi connectivity index (χ1v) is 9.02. The Hall–Kier alpha value is -2.58. The van der Waals surface area contributed by atoms with Gasteiger partial charge in [0.05, 0.1) is 13.2 Å². The number of methoxy groups -OCH3 is 1. The van der Waals surface area contributed by atoms with Gasteiger partial charge in [0.1, 0.15) is 5.56 Å². The highest BCUT2D eigenvalue weighted by Crippen LogP contribution is 2.31. The van der Waals surface area contributed by atoms with Crippen LogP contribution in [0.25, 0.3) is 11.3 Å². The van der Waals surface area contributed by atoms with Crippen molar-refractivity contribution in [1.29, 1.82) is 0 Å². The van der Waals surface area contributed by atoms with E-state index in [9.17, 15) is 9.59 Å². The maximum Gasteiger partial charge on any atom is 0.262 e. The third-order valence-corrected chi connectivity index (χ3v) is 4.41. The Morgan fingerprint density at radius 1 is 1.41 bits per heavy atom. The second kappa shape index (κ2) is 8.88. The lowest BCUT2D eigenvalue weighted by molar-refractivity contribution is -0.121. The summed E-state index contributed by atoms with van der Waals surface area (Å²) in [5.74, 6) is 0.172. The van der Waals surface area contributed by atoms with Crippen molar-refractivity contribution in [3.8, 4) is 11.3 Å². The number of carbonyl (C=O) groups excluding carboxylic acids is 2. The number of aromatic nitrogens is 1. The highest BCUT2D eigenvalue weighted by atomic mass is 35.5. The summed E-state index contributed by atoms with van der Waals surface area (Å²) in [7, 11) is 1.59. The average molecular weight is 393 g/mol. The number of halogens is 1. The quantitative estimate of drug-likeness (QED) is 0.730. The second-order valence-electron chi connectivity index (χ2n) is 6.09. The molecule has 0 saturated carbocycles. The lowest BCUT2D eigenvalue weighted by Gasteiger charge is -2.19. The van der Waals surface area contributed by atoms with Gasteiger partial charge in [-0.3, -0.25) is 9.59 Å². The monoisotopic (exact) mass is 392 g/mol. The number of rotatable bonds is 6. The summed E-state index contributed by atoms with van der Waals surface area (Å²) < 4.78 is 10.5. The molecule has 1 aromatic carbocycles. The van der Waals surface area contributed by atoms with Crippen LogP contribution in [0.15, 0.2) is 28.8 Å². The van der Waals surface area contributed by atoms with Gasteiger partial charge in [0, 0.05) is 37.3 Å². The first kappa shape index (κ1) is 19.2. The average Bonchev–Trinajstić information content (AvgIpc) is 2.95. The number of carbonyl (C=O) groups is 2. The third-order valence-electron chi connectivity index (χ3n) is 4.16. The normalized spacial score (nSPS) is 14.6. The maximum absolute atomic E-state index is 13.2. The summed E-state index contributed by atoms with van der Waals surface area (Å²) in [4.78, 5) is 26.6. The van der Waals surface area contributed by atoms with Crippen molar-refractivity contribution in [2.75, 3.05) is 45.2 Å². The van der Waals surface area contributed by atoms with Gasteiger partial charge in [0.15, 0.2) is 11.6 Å². The molecule has 1 aromatic heterocycles.